The van der Waals surface area contributed by atoms with Gasteiger partial charge in [0, 0.05) is 26.4 Å². The van der Waals surface area contributed by atoms with Gasteiger partial charge in [-0.05, 0) is 48.5 Å². The van der Waals surface area contributed by atoms with E-state index >= 15 is 0 Å². The zero-order valence-corrected chi connectivity index (χ0v) is 14.0. The molecule has 2 aromatic rings. The van der Waals surface area contributed by atoms with Crippen LogP contribution in [0.4, 0.5) is 5.69 Å². The van der Waals surface area contributed by atoms with E-state index in [4.69, 9.17) is 5.26 Å². The zero-order chi connectivity index (χ0) is 15.2. The fourth-order valence-corrected chi connectivity index (χ4v) is 2.14. The Balaban J connectivity index is 2.17. The quantitative estimate of drug-likeness (QED) is 0.446. The first kappa shape index (κ1) is 15.5. The van der Waals surface area contributed by atoms with Gasteiger partial charge in [-0.1, -0.05) is 31.9 Å². The monoisotopic (exact) mass is 404 g/mol. The van der Waals surface area contributed by atoms with Crippen LogP contribution in [0.25, 0.3) is 0 Å². The fourth-order valence-electron chi connectivity index (χ4n) is 1.61. The van der Waals surface area contributed by atoms with E-state index in [0.717, 1.165) is 14.6 Å². The van der Waals surface area contributed by atoms with Gasteiger partial charge >= 0.3 is 0 Å². The SMILES string of the molecule is N#C/C(=C\Nc1ccc(Br)cc1)C(=O)c1ccc(Br)cc1. The van der Waals surface area contributed by atoms with E-state index in [9.17, 15) is 4.79 Å². The van der Waals surface area contributed by atoms with Gasteiger partial charge in [0.05, 0.1) is 0 Å². The number of carbonyl (C=O) groups is 1. The van der Waals surface area contributed by atoms with Crippen LogP contribution >= 0.6 is 31.9 Å². The lowest BCUT2D eigenvalue weighted by Crippen LogP contribution is -2.04. The molecule has 0 fully saturated rings. The van der Waals surface area contributed by atoms with Crippen LogP contribution in [-0.2, 0) is 0 Å². The maximum atomic E-state index is 12.2. The number of benzene rings is 2. The van der Waals surface area contributed by atoms with Crippen LogP contribution in [0.2, 0.25) is 0 Å². The molecule has 0 saturated heterocycles. The van der Waals surface area contributed by atoms with Crippen LogP contribution in [-0.4, -0.2) is 5.78 Å². The van der Waals surface area contributed by atoms with Gasteiger partial charge in [0.2, 0.25) is 5.78 Å². The Morgan fingerprint density at radius 3 is 2.05 bits per heavy atom. The highest BCUT2D eigenvalue weighted by Crippen LogP contribution is 2.16. The van der Waals surface area contributed by atoms with Crippen molar-refractivity contribution in [3.8, 4) is 6.07 Å². The van der Waals surface area contributed by atoms with Crippen LogP contribution in [0, 0.1) is 11.3 Å². The minimum atomic E-state index is -0.311. The number of nitrogens with one attached hydrogen (secondary N) is 1. The van der Waals surface area contributed by atoms with Crippen LogP contribution in [0.5, 0.6) is 0 Å². The maximum absolute atomic E-state index is 12.2. The molecule has 0 amide bonds. The Morgan fingerprint density at radius 1 is 1.00 bits per heavy atom. The number of Topliss-reactive ketones (excluding diaryl/α,β-unsaturated/α-hetero) is 1. The average molecular weight is 406 g/mol. The van der Waals surface area contributed by atoms with Gasteiger partial charge in [-0.25, -0.2) is 0 Å². The second-order valence-electron chi connectivity index (χ2n) is 4.16. The molecule has 0 aliphatic carbocycles. The summed E-state index contributed by atoms with van der Waals surface area (Å²) < 4.78 is 1.85. The van der Waals surface area contributed by atoms with Crippen molar-refractivity contribution in [2.45, 2.75) is 0 Å². The molecule has 0 unspecified atom stereocenters. The van der Waals surface area contributed by atoms with Gasteiger partial charge < -0.3 is 5.32 Å². The number of hydrogen-bond donors (Lipinski definition) is 1. The summed E-state index contributed by atoms with van der Waals surface area (Å²) in [6, 6.07) is 16.3. The molecule has 2 aromatic carbocycles. The first-order chi connectivity index (χ1) is 10.1. The van der Waals surface area contributed by atoms with Crippen molar-refractivity contribution in [3.63, 3.8) is 0 Å². The van der Waals surface area contributed by atoms with Crippen molar-refractivity contribution in [1.29, 1.82) is 5.26 Å². The second-order valence-corrected chi connectivity index (χ2v) is 5.99. The third kappa shape index (κ3) is 4.28. The van der Waals surface area contributed by atoms with E-state index in [0.29, 0.717) is 5.56 Å². The summed E-state index contributed by atoms with van der Waals surface area (Å²) in [7, 11) is 0. The highest BCUT2D eigenvalue weighted by Gasteiger charge is 2.11. The topological polar surface area (TPSA) is 52.9 Å². The van der Waals surface area contributed by atoms with E-state index in [1.807, 2.05) is 30.3 Å². The van der Waals surface area contributed by atoms with Gasteiger partial charge in [-0.2, -0.15) is 5.26 Å². The summed E-state index contributed by atoms with van der Waals surface area (Å²) in [5.74, 6) is -0.311. The van der Waals surface area contributed by atoms with Gasteiger partial charge in [0.25, 0.3) is 0 Å². The third-order valence-corrected chi connectivity index (χ3v) is 3.76. The minimum Gasteiger partial charge on any atom is -0.360 e. The number of nitriles is 1. The summed E-state index contributed by atoms with van der Waals surface area (Å²) in [6.07, 6.45) is 1.42. The summed E-state index contributed by atoms with van der Waals surface area (Å²) in [4.78, 5) is 12.2. The molecule has 0 aromatic heterocycles. The van der Waals surface area contributed by atoms with E-state index < -0.39 is 0 Å². The predicted molar refractivity (Wildman–Crippen MR) is 89.9 cm³/mol. The van der Waals surface area contributed by atoms with Gasteiger partial charge in [-0.15, -0.1) is 0 Å². The molecule has 0 aliphatic heterocycles. The molecule has 5 heteroatoms. The highest BCUT2D eigenvalue weighted by atomic mass is 79.9. The molecule has 0 radical (unpaired) electrons. The summed E-state index contributed by atoms with van der Waals surface area (Å²) in [6.45, 7) is 0. The number of anilines is 1. The van der Waals surface area contributed by atoms with E-state index in [2.05, 4.69) is 37.2 Å². The number of allylic oxidation sites excluding steroid dienone is 1. The first-order valence-electron chi connectivity index (χ1n) is 6.03. The van der Waals surface area contributed by atoms with Crippen molar-refractivity contribution in [3.05, 3.63) is 74.8 Å². The Hall–Kier alpha value is -1.90. The molecule has 1 N–H and O–H groups in total. The van der Waals surface area contributed by atoms with Gasteiger partial charge in [-0.3, -0.25) is 4.79 Å². The predicted octanol–water partition coefficient (Wildman–Crippen LogP) is 4.91. The van der Waals surface area contributed by atoms with Crippen molar-refractivity contribution in [1.82, 2.24) is 0 Å². The van der Waals surface area contributed by atoms with Crippen molar-refractivity contribution in [2.24, 2.45) is 0 Å². The molecule has 21 heavy (non-hydrogen) atoms. The van der Waals surface area contributed by atoms with E-state index in [1.165, 1.54) is 6.20 Å². The summed E-state index contributed by atoms with van der Waals surface area (Å²) in [5.41, 5.74) is 1.33. The van der Waals surface area contributed by atoms with Crippen molar-refractivity contribution >= 4 is 43.3 Å². The third-order valence-electron chi connectivity index (χ3n) is 2.70. The molecule has 3 nitrogen and oxygen atoms in total. The van der Waals surface area contributed by atoms with Crippen molar-refractivity contribution in [2.75, 3.05) is 5.32 Å². The number of halogens is 2. The van der Waals surface area contributed by atoms with Crippen LogP contribution in [0.3, 0.4) is 0 Å². The number of rotatable bonds is 4. The molecule has 104 valence electrons. The average Bonchev–Trinajstić information content (AvgIpc) is 2.50. The number of ketones is 1. The van der Waals surface area contributed by atoms with E-state index in [-0.39, 0.29) is 11.4 Å². The molecule has 0 saturated carbocycles. The highest BCUT2D eigenvalue weighted by molar-refractivity contribution is 9.10. The van der Waals surface area contributed by atoms with Crippen LogP contribution < -0.4 is 5.32 Å². The van der Waals surface area contributed by atoms with Crippen molar-refractivity contribution < 1.29 is 4.79 Å². The smallest absolute Gasteiger partial charge is 0.205 e. The summed E-state index contributed by atoms with van der Waals surface area (Å²) >= 11 is 6.65. The van der Waals surface area contributed by atoms with Crippen LogP contribution in [0.15, 0.2) is 69.2 Å². The lowest BCUT2D eigenvalue weighted by Gasteiger charge is -2.03. The molecular formula is C16H10Br2N2O. The van der Waals surface area contributed by atoms with E-state index in [1.54, 1.807) is 24.3 Å². The number of carbonyl (C=O) groups excluding carboxylic acids is 1. The summed E-state index contributed by atoms with van der Waals surface area (Å²) in [5, 5.41) is 12.1. The second kappa shape index (κ2) is 7.21. The standard InChI is InChI=1S/C16H10Br2N2O/c17-13-3-1-11(2-4-13)16(21)12(9-19)10-20-15-7-5-14(18)6-8-15/h1-8,10,20H/b12-10+. The zero-order valence-electron chi connectivity index (χ0n) is 10.8. The Bertz CT molecular complexity index is 713. The lowest BCUT2D eigenvalue weighted by molar-refractivity contribution is 0.103. The Kier molecular flexibility index (Phi) is 5.32. The van der Waals surface area contributed by atoms with Gasteiger partial charge in [0.1, 0.15) is 11.6 Å². The minimum absolute atomic E-state index is 0.0558. The van der Waals surface area contributed by atoms with Gasteiger partial charge in [0.15, 0.2) is 0 Å². The molecule has 0 heterocycles. The molecule has 0 atom stereocenters. The molecule has 0 aliphatic rings. The normalized spacial score (nSPS) is 10.8. The number of hydrogen-bond acceptors (Lipinski definition) is 3. The first-order valence-corrected chi connectivity index (χ1v) is 7.61. The molecule has 0 bridgehead atoms. The van der Waals surface area contributed by atoms with Crippen LogP contribution in [0.1, 0.15) is 10.4 Å². The fraction of sp³-hybridized carbons (Fsp3) is 0. The largest absolute Gasteiger partial charge is 0.360 e. The maximum Gasteiger partial charge on any atom is 0.205 e. The lowest BCUT2D eigenvalue weighted by atomic mass is 10.1. The number of nitrogens with zero attached hydrogens (tertiary/aromatic N) is 1. The molecule has 0 spiro atoms. The Morgan fingerprint density at radius 2 is 1.52 bits per heavy atom. The molecule has 2 rings (SSSR count). The Labute approximate surface area is 139 Å². The molecular weight excluding hydrogens is 396 g/mol.